The first kappa shape index (κ1) is 12.5. The topological polar surface area (TPSA) is 41.5 Å². The van der Waals surface area contributed by atoms with E-state index in [1.807, 2.05) is 25.1 Å². The predicted octanol–water partition coefficient (Wildman–Crippen LogP) is 1.72. The van der Waals surface area contributed by atoms with Gasteiger partial charge in [0.25, 0.3) is 0 Å². The molecule has 84 valence electrons. The fourth-order valence-electron chi connectivity index (χ4n) is 1.15. The molecule has 0 aliphatic heterocycles. The largest absolute Gasteiger partial charge is 0.492 e. The predicted molar refractivity (Wildman–Crippen MR) is 64.3 cm³/mol. The zero-order valence-corrected chi connectivity index (χ0v) is 10.4. The van der Waals surface area contributed by atoms with E-state index in [4.69, 9.17) is 9.84 Å². The van der Waals surface area contributed by atoms with E-state index in [1.54, 1.807) is 0 Å². The van der Waals surface area contributed by atoms with E-state index in [0.717, 1.165) is 22.3 Å². The summed E-state index contributed by atoms with van der Waals surface area (Å²) >= 11 is 3.44. The van der Waals surface area contributed by atoms with Gasteiger partial charge in [-0.1, -0.05) is 15.9 Å². The molecule has 0 aromatic heterocycles. The van der Waals surface area contributed by atoms with E-state index in [1.165, 1.54) is 0 Å². The number of benzene rings is 1. The van der Waals surface area contributed by atoms with E-state index in [-0.39, 0.29) is 6.61 Å². The molecule has 1 aromatic rings. The van der Waals surface area contributed by atoms with Crippen LogP contribution in [0.4, 0.5) is 0 Å². The molecular weight excluding hydrogens is 258 g/mol. The molecule has 0 atom stereocenters. The van der Waals surface area contributed by atoms with Crippen LogP contribution in [0.1, 0.15) is 5.56 Å². The van der Waals surface area contributed by atoms with Gasteiger partial charge in [0.2, 0.25) is 0 Å². The summed E-state index contributed by atoms with van der Waals surface area (Å²) in [5, 5.41) is 11.6. The maximum absolute atomic E-state index is 8.54. The minimum Gasteiger partial charge on any atom is -0.492 e. The average Bonchev–Trinajstić information content (AvgIpc) is 2.23. The first-order valence-corrected chi connectivity index (χ1v) is 5.74. The van der Waals surface area contributed by atoms with Crippen molar-refractivity contribution in [3.8, 4) is 5.75 Å². The molecule has 15 heavy (non-hydrogen) atoms. The second kappa shape index (κ2) is 6.82. The maximum atomic E-state index is 8.54. The number of rotatable bonds is 6. The van der Waals surface area contributed by atoms with Crippen LogP contribution in [0.15, 0.2) is 22.7 Å². The highest BCUT2D eigenvalue weighted by Crippen LogP contribution is 2.21. The highest BCUT2D eigenvalue weighted by atomic mass is 79.9. The van der Waals surface area contributed by atoms with Gasteiger partial charge in [0.05, 0.1) is 6.61 Å². The van der Waals surface area contributed by atoms with Crippen molar-refractivity contribution in [2.24, 2.45) is 0 Å². The lowest BCUT2D eigenvalue weighted by molar-refractivity contribution is 0.276. The first-order chi connectivity index (χ1) is 7.24. The van der Waals surface area contributed by atoms with Crippen LogP contribution in [0.25, 0.3) is 0 Å². The minimum absolute atomic E-state index is 0.164. The molecule has 0 bridgehead atoms. The van der Waals surface area contributed by atoms with Crippen LogP contribution < -0.4 is 10.1 Å². The average molecular weight is 274 g/mol. The number of halogens is 1. The number of hydrogen-bond donors (Lipinski definition) is 2. The Balaban J connectivity index is 2.28. The molecule has 0 aliphatic rings. The van der Waals surface area contributed by atoms with Crippen molar-refractivity contribution in [1.82, 2.24) is 5.32 Å². The standard InChI is InChI=1S/C11H16BrNO2/c1-9-8-10(2-3-11(9)12)15-7-5-13-4-6-14/h2-3,8,13-14H,4-7H2,1H3. The van der Waals surface area contributed by atoms with Crippen molar-refractivity contribution >= 4 is 15.9 Å². The number of hydrogen-bond acceptors (Lipinski definition) is 3. The maximum Gasteiger partial charge on any atom is 0.119 e. The number of aliphatic hydroxyl groups is 1. The Hall–Kier alpha value is -0.580. The Morgan fingerprint density at radius 2 is 2.20 bits per heavy atom. The lowest BCUT2D eigenvalue weighted by Crippen LogP contribution is -2.23. The third-order valence-electron chi connectivity index (χ3n) is 1.97. The molecular formula is C11H16BrNO2. The van der Waals surface area contributed by atoms with Crippen LogP contribution in [-0.4, -0.2) is 31.4 Å². The lowest BCUT2D eigenvalue weighted by Gasteiger charge is -2.08. The van der Waals surface area contributed by atoms with Crippen LogP contribution >= 0.6 is 15.9 Å². The molecule has 0 saturated carbocycles. The Morgan fingerprint density at radius 1 is 1.40 bits per heavy atom. The van der Waals surface area contributed by atoms with Gasteiger partial charge in [0.1, 0.15) is 12.4 Å². The van der Waals surface area contributed by atoms with Crippen LogP contribution in [0.2, 0.25) is 0 Å². The molecule has 3 nitrogen and oxygen atoms in total. The molecule has 0 amide bonds. The molecule has 2 N–H and O–H groups in total. The van der Waals surface area contributed by atoms with E-state index in [2.05, 4.69) is 21.2 Å². The van der Waals surface area contributed by atoms with Crippen LogP contribution in [-0.2, 0) is 0 Å². The fourth-order valence-corrected chi connectivity index (χ4v) is 1.40. The Bertz CT molecular complexity index is 305. The van der Waals surface area contributed by atoms with E-state index in [9.17, 15) is 0 Å². The second-order valence-electron chi connectivity index (χ2n) is 3.23. The molecule has 4 heteroatoms. The summed E-state index contributed by atoms with van der Waals surface area (Å²) in [4.78, 5) is 0. The Kier molecular flexibility index (Phi) is 5.68. The van der Waals surface area contributed by atoms with Crippen molar-refractivity contribution in [2.75, 3.05) is 26.3 Å². The van der Waals surface area contributed by atoms with E-state index in [0.29, 0.717) is 13.2 Å². The van der Waals surface area contributed by atoms with Gasteiger partial charge in [0.15, 0.2) is 0 Å². The molecule has 0 spiro atoms. The smallest absolute Gasteiger partial charge is 0.119 e. The molecule has 1 aromatic carbocycles. The monoisotopic (exact) mass is 273 g/mol. The Labute approximate surface area is 98.6 Å². The first-order valence-electron chi connectivity index (χ1n) is 4.94. The van der Waals surface area contributed by atoms with Gasteiger partial charge in [-0.25, -0.2) is 0 Å². The number of nitrogens with one attached hydrogen (secondary N) is 1. The normalized spacial score (nSPS) is 10.3. The summed E-state index contributed by atoms with van der Waals surface area (Å²) in [7, 11) is 0. The van der Waals surface area contributed by atoms with Crippen LogP contribution in [0.3, 0.4) is 0 Å². The number of ether oxygens (including phenoxy) is 1. The highest BCUT2D eigenvalue weighted by Gasteiger charge is 1.97. The van der Waals surface area contributed by atoms with Gasteiger partial charge in [-0.15, -0.1) is 0 Å². The lowest BCUT2D eigenvalue weighted by atomic mass is 10.2. The summed E-state index contributed by atoms with van der Waals surface area (Å²) in [6, 6.07) is 5.91. The molecule has 0 heterocycles. The summed E-state index contributed by atoms with van der Waals surface area (Å²) in [6.07, 6.45) is 0. The quantitative estimate of drug-likeness (QED) is 0.776. The van der Waals surface area contributed by atoms with Crippen molar-refractivity contribution in [1.29, 1.82) is 0 Å². The molecule has 0 unspecified atom stereocenters. The van der Waals surface area contributed by atoms with Crippen molar-refractivity contribution in [3.63, 3.8) is 0 Å². The third kappa shape index (κ3) is 4.64. The molecule has 0 fully saturated rings. The van der Waals surface area contributed by atoms with Gasteiger partial charge in [-0.2, -0.15) is 0 Å². The summed E-state index contributed by atoms with van der Waals surface area (Å²) < 4.78 is 6.61. The third-order valence-corrected chi connectivity index (χ3v) is 2.86. The van der Waals surface area contributed by atoms with E-state index >= 15 is 0 Å². The van der Waals surface area contributed by atoms with Gasteiger partial charge in [0, 0.05) is 17.6 Å². The highest BCUT2D eigenvalue weighted by molar-refractivity contribution is 9.10. The summed E-state index contributed by atoms with van der Waals surface area (Å²) in [6.45, 7) is 4.16. The Morgan fingerprint density at radius 3 is 2.87 bits per heavy atom. The molecule has 1 rings (SSSR count). The zero-order chi connectivity index (χ0) is 11.1. The number of aryl methyl sites for hydroxylation is 1. The molecule has 0 radical (unpaired) electrons. The zero-order valence-electron chi connectivity index (χ0n) is 8.79. The van der Waals surface area contributed by atoms with E-state index < -0.39 is 0 Å². The second-order valence-corrected chi connectivity index (χ2v) is 4.09. The van der Waals surface area contributed by atoms with Gasteiger partial charge >= 0.3 is 0 Å². The van der Waals surface area contributed by atoms with Crippen LogP contribution in [0.5, 0.6) is 5.75 Å². The van der Waals surface area contributed by atoms with Crippen molar-refractivity contribution < 1.29 is 9.84 Å². The fraction of sp³-hybridized carbons (Fsp3) is 0.455. The number of aliphatic hydroxyl groups excluding tert-OH is 1. The van der Waals surface area contributed by atoms with Gasteiger partial charge in [-0.05, 0) is 30.7 Å². The van der Waals surface area contributed by atoms with Crippen LogP contribution in [0, 0.1) is 6.92 Å². The van der Waals surface area contributed by atoms with Gasteiger partial charge in [-0.3, -0.25) is 0 Å². The summed E-state index contributed by atoms with van der Waals surface area (Å²) in [5.74, 6) is 0.876. The molecule has 0 saturated heterocycles. The summed E-state index contributed by atoms with van der Waals surface area (Å²) in [5.41, 5.74) is 1.16. The SMILES string of the molecule is Cc1cc(OCCNCCO)ccc1Br. The molecule has 0 aliphatic carbocycles. The van der Waals surface area contributed by atoms with Gasteiger partial charge < -0.3 is 15.2 Å². The van der Waals surface area contributed by atoms with Crippen molar-refractivity contribution in [3.05, 3.63) is 28.2 Å². The minimum atomic E-state index is 0.164. The van der Waals surface area contributed by atoms with Crippen molar-refractivity contribution in [2.45, 2.75) is 6.92 Å².